The Morgan fingerprint density at radius 3 is 2.55 bits per heavy atom. The van der Waals surface area contributed by atoms with Gasteiger partial charge in [0, 0.05) is 34.9 Å². The zero-order valence-electron chi connectivity index (χ0n) is 17.9. The van der Waals surface area contributed by atoms with Gasteiger partial charge < -0.3 is 19.4 Å². The number of furan rings is 1. The van der Waals surface area contributed by atoms with Crippen molar-refractivity contribution in [1.29, 1.82) is 0 Å². The summed E-state index contributed by atoms with van der Waals surface area (Å²) in [4.78, 5) is 41.5. The van der Waals surface area contributed by atoms with Gasteiger partial charge in [-0.1, -0.05) is 23.7 Å². The number of carbonyl (C=O) groups excluding carboxylic acids is 3. The van der Waals surface area contributed by atoms with Crippen LogP contribution in [0, 0.1) is 0 Å². The predicted octanol–water partition coefficient (Wildman–Crippen LogP) is 4.13. The monoisotopic (exact) mass is 467 g/mol. The van der Waals surface area contributed by atoms with E-state index in [2.05, 4.69) is 5.32 Å². The third-order valence-corrected chi connectivity index (χ3v) is 5.66. The van der Waals surface area contributed by atoms with Crippen LogP contribution in [0.25, 0.3) is 11.3 Å². The lowest BCUT2D eigenvalue weighted by Gasteiger charge is -2.39. The number of nitrogens with zero attached hydrogens (tertiary/aromatic N) is 2. The van der Waals surface area contributed by atoms with Crippen LogP contribution in [0.5, 0.6) is 0 Å². The first kappa shape index (κ1) is 22.4. The van der Waals surface area contributed by atoms with Crippen molar-refractivity contribution < 1.29 is 23.5 Å². The molecule has 1 atom stereocenters. The topological polar surface area (TPSA) is 92.1 Å². The number of halogens is 1. The number of rotatable bonds is 4. The fourth-order valence-corrected chi connectivity index (χ4v) is 3.84. The summed E-state index contributed by atoms with van der Waals surface area (Å²) in [5.41, 5.74) is 1.77. The molecule has 1 unspecified atom stereocenters. The lowest BCUT2D eigenvalue weighted by atomic mass is 10.1. The van der Waals surface area contributed by atoms with E-state index in [1.807, 2.05) is 12.1 Å². The summed E-state index contributed by atoms with van der Waals surface area (Å²) in [6.45, 7) is 0.455. The number of anilines is 1. The van der Waals surface area contributed by atoms with Gasteiger partial charge in [-0.25, -0.2) is 4.79 Å². The van der Waals surface area contributed by atoms with Gasteiger partial charge in [0.2, 0.25) is 5.91 Å². The van der Waals surface area contributed by atoms with Crippen LogP contribution in [0.15, 0.2) is 71.3 Å². The lowest BCUT2D eigenvalue weighted by molar-refractivity contribution is -0.122. The highest BCUT2D eigenvalue weighted by Crippen LogP contribution is 2.23. The number of hydrogen-bond donors (Lipinski definition) is 1. The summed E-state index contributed by atoms with van der Waals surface area (Å²) in [5.74, 6) is -0.0119. The van der Waals surface area contributed by atoms with Gasteiger partial charge in [-0.3, -0.25) is 14.5 Å². The Kier molecular flexibility index (Phi) is 6.65. The molecule has 0 bridgehead atoms. The van der Waals surface area contributed by atoms with Crippen LogP contribution in [-0.2, 0) is 9.53 Å². The van der Waals surface area contributed by atoms with E-state index >= 15 is 0 Å². The van der Waals surface area contributed by atoms with Crippen LogP contribution < -0.4 is 5.32 Å². The predicted molar refractivity (Wildman–Crippen MR) is 123 cm³/mol. The summed E-state index contributed by atoms with van der Waals surface area (Å²) in [5, 5.41) is 3.31. The number of methoxy groups -OCH3 is 1. The highest BCUT2D eigenvalue weighted by atomic mass is 35.5. The molecule has 2 heterocycles. The van der Waals surface area contributed by atoms with Crippen molar-refractivity contribution in [3.05, 3.63) is 77.5 Å². The largest absolute Gasteiger partial charge is 0.464 e. The zero-order chi connectivity index (χ0) is 23.4. The van der Waals surface area contributed by atoms with Crippen molar-refractivity contribution in [2.45, 2.75) is 6.04 Å². The van der Waals surface area contributed by atoms with E-state index in [1.165, 1.54) is 12.0 Å². The first-order valence-electron chi connectivity index (χ1n) is 10.3. The van der Waals surface area contributed by atoms with Crippen molar-refractivity contribution in [3.63, 3.8) is 0 Å². The van der Waals surface area contributed by atoms with E-state index < -0.39 is 18.0 Å². The summed E-state index contributed by atoms with van der Waals surface area (Å²) in [7, 11) is 1.26. The summed E-state index contributed by atoms with van der Waals surface area (Å²) in [6.07, 6.45) is 0.943. The molecular weight excluding hydrogens is 446 g/mol. The average molecular weight is 468 g/mol. The maximum absolute atomic E-state index is 13.2. The van der Waals surface area contributed by atoms with Crippen molar-refractivity contribution in [1.82, 2.24) is 9.80 Å². The summed E-state index contributed by atoms with van der Waals surface area (Å²) < 4.78 is 10.3. The van der Waals surface area contributed by atoms with Gasteiger partial charge in [0.1, 0.15) is 11.8 Å². The second kappa shape index (κ2) is 9.79. The molecule has 0 aliphatic carbocycles. The molecule has 170 valence electrons. The fourth-order valence-electron chi connectivity index (χ4n) is 3.72. The second-order valence-corrected chi connectivity index (χ2v) is 7.92. The molecule has 9 heteroatoms. The normalized spacial score (nSPS) is 15.8. The molecule has 2 aromatic carbocycles. The van der Waals surface area contributed by atoms with Gasteiger partial charge in [0.05, 0.1) is 19.9 Å². The molecule has 4 rings (SSSR count). The summed E-state index contributed by atoms with van der Waals surface area (Å²) >= 11 is 5.90. The minimum Gasteiger partial charge on any atom is -0.464 e. The number of hydrogen-bond acceptors (Lipinski definition) is 5. The quantitative estimate of drug-likeness (QED) is 0.622. The first-order valence-corrected chi connectivity index (χ1v) is 10.7. The Hall–Kier alpha value is -3.78. The Morgan fingerprint density at radius 1 is 1.06 bits per heavy atom. The van der Waals surface area contributed by atoms with Crippen LogP contribution in [0.1, 0.15) is 10.4 Å². The highest BCUT2D eigenvalue weighted by Gasteiger charge is 2.38. The molecule has 0 radical (unpaired) electrons. The first-order chi connectivity index (χ1) is 16.0. The molecule has 3 amide bonds. The molecule has 1 aromatic heterocycles. The Morgan fingerprint density at radius 2 is 1.85 bits per heavy atom. The van der Waals surface area contributed by atoms with E-state index in [-0.39, 0.29) is 25.5 Å². The average Bonchev–Trinajstić information content (AvgIpc) is 3.39. The van der Waals surface area contributed by atoms with Crippen molar-refractivity contribution >= 4 is 35.2 Å². The Labute approximate surface area is 195 Å². The maximum atomic E-state index is 13.2. The van der Waals surface area contributed by atoms with Crippen molar-refractivity contribution in [2.24, 2.45) is 0 Å². The number of amides is 3. The molecule has 1 aliphatic heterocycles. The molecule has 1 N–H and O–H groups in total. The number of benzene rings is 2. The van der Waals surface area contributed by atoms with Gasteiger partial charge in [0.25, 0.3) is 5.91 Å². The number of piperazine rings is 1. The highest BCUT2D eigenvalue weighted by molar-refractivity contribution is 6.30. The summed E-state index contributed by atoms with van der Waals surface area (Å²) in [6, 6.07) is 16.4. The van der Waals surface area contributed by atoms with E-state index in [0.29, 0.717) is 22.0 Å². The Bertz CT molecular complexity index is 1150. The second-order valence-electron chi connectivity index (χ2n) is 7.48. The standard InChI is InChI=1S/C24H22ClN3O5/c1-32-24(31)28-12-11-27(15-20(28)22(29)26-19-9-7-18(25)8-10-19)23(30)17-5-2-4-16(14-17)21-6-3-13-33-21/h2-10,13-14,20H,11-12,15H2,1H3,(H,26,29). The van der Waals surface area contributed by atoms with Crippen LogP contribution in [-0.4, -0.2) is 60.5 Å². The molecule has 3 aromatic rings. The third-order valence-electron chi connectivity index (χ3n) is 5.41. The van der Waals surface area contributed by atoms with Crippen LogP contribution in [0.2, 0.25) is 5.02 Å². The van der Waals surface area contributed by atoms with Gasteiger partial charge >= 0.3 is 6.09 Å². The van der Waals surface area contributed by atoms with E-state index in [9.17, 15) is 14.4 Å². The van der Waals surface area contributed by atoms with E-state index in [4.69, 9.17) is 20.8 Å². The third kappa shape index (κ3) is 5.01. The van der Waals surface area contributed by atoms with Gasteiger partial charge in [0.15, 0.2) is 0 Å². The van der Waals surface area contributed by atoms with Crippen molar-refractivity contribution in [3.8, 4) is 11.3 Å². The van der Waals surface area contributed by atoms with E-state index in [1.54, 1.807) is 59.7 Å². The molecule has 0 spiro atoms. The van der Waals surface area contributed by atoms with Gasteiger partial charge in [-0.05, 0) is 48.5 Å². The smallest absolute Gasteiger partial charge is 0.410 e. The van der Waals surface area contributed by atoms with Crippen LogP contribution >= 0.6 is 11.6 Å². The number of carbonyl (C=O) groups is 3. The molecule has 1 fully saturated rings. The molecular formula is C24H22ClN3O5. The molecule has 33 heavy (non-hydrogen) atoms. The SMILES string of the molecule is COC(=O)N1CCN(C(=O)c2cccc(-c3ccco3)c2)CC1C(=O)Nc1ccc(Cl)cc1. The molecule has 1 saturated heterocycles. The Balaban J connectivity index is 1.54. The van der Waals surface area contributed by atoms with Crippen LogP contribution in [0.3, 0.4) is 0 Å². The van der Waals surface area contributed by atoms with Crippen molar-refractivity contribution in [2.75, 3.05) is 32.1 Å². The fraction of sp³-hybridized carbons (Fsp3) is 0.208. The van der Waals surface area contributed by atoms with Crippen LogP contribution in [0.4, 0.5) is 10.5 Å². The van der Waals surface area contributed by atoms with Gasteiger partial charge in [-0.15, -0.1) is 0 Å². The maximum Gasteiger partial charge on any atom is 0.410 e. The number of ether oxygens (including phenoxy) is 1. The number of nitrogens with one attached hydrogen (secondary N) is 1. The lowest BCUT2D eigenvalue weighted by Crippen LogP contribution is -2.60. The van der Waals surface area contributed by atoms with E-state index in [0.717, 1.165) is 5.56 Å². The minimum atomic E-state index is -0.918. The minimum absolute atomic E-state index is 0.0261. The molecule has 0 saturated carbocycles. The van der Waals surface area contributed by atoms with Gasteiger partial charge in [-0.2, -0.15) is 0 Å². The molecule has 8 nitrogen and oxygen atoms in total. The molecule has 1 aliphatic rings. The zero-order valence-corrected chi connectivity index (χ0v) is 18.6.